The van der Waals surface area contributed by atoms with E-state index in [1.807, 2.05) is 6.92 Å². The van der Waals surface area contributed by atoms with Crippen LogP contribution in [0.15, 0.2) is 12.3 Å². The molecule has 41 heavy (non-hydrogen) atoms. The van der Waals surface area contributed by atoms with E-state index >= 15 is 0 Å². The largest absolute Gasteiger partial charge is 0.496 e. The summed E-state index contributed by atoms with van der Waals surface area (Å²) < 4.78 is 64.4. The molecule has 2 atom stereocenters. The number of carbonyl (C=O) groups excluding carboxylic acids is 1. The Labute approximate surface area is 246 Å². The van der Waals surface area contributed by atoms with Crippen molar-refractivity contribution in [2.75, 3.05) is 19.0 Å². The van der Waals surface area contributed by atoms with Crippen LogP contribution in [0.4, 0.5) is 19.0 Å². The van der Waals surface area contributed by atoms with Gasteiger partial charge < -0.3 is 15.4 Å². The molecule has 0 radical (unpaired) electrons. The first-order valence-electron chi connectivity index (χ1n) is 13.9. The average molecular weight is 620 g/mol. The van der Waals surface area contributed by atoms with Gasteiger partial charge >= 0.3 is 17.7 Å². The van der Waals surface area contributed by atoms with E-state index < -0.39 is 29.7 Å². The van der Waals surface area contributed by atoms with Gasteiger partial charge in [-0.3, -0.25) is 9.48 Å². The van der Waals surface area contributed by atoms with E-state index in [1.54, 1.807) is 10.7 Å². The summed E-state index contributed by atoms with van der Waals surface area (Å²) in [6.45, 7) is 5.17. The van der Waals surface area contributed by atoms with Gasteiger partial charge in [-0.1, -0.05) is 44.2 Å². The lowest BCUT2D eigenvalue weighted by Crippen LogP contribution is -2.41. The molecule has 0 aliphatic heterocycles. The van der Waals surface area contributed by atoms with E-state index in [0.717, 1.165) is 25.2 Å². The monoisotopic (exact) mass is 619 g/mol. The van der Waals surface area contributed by atoms with Crippen LogP contribution < -0.4 is 15.4 Å². The molecule has 0 saturated heterocycles. The maximum atomic E-state index is 13.6. The van der Waals surface area contributed by atoms with Crippen molar-refractivity contribution < 1.29 is 31.1 Å². The number of nitrogens with zero attached hydrogens (tertiary/aromatic N) is 3. The van der Waals surface area contributed by atoms with Gasteiger partial charge in [0, 0.05) is 31.4 Å². The summed E-state index contributed by atoms with van der Waals surface area (Å²) in [5, 5.41) is 10.6. The van der Waals surface area contributed by atoms with Crippen molar-refractivity contribution in [1.82, 2.24) is 20.1 Å². The molecule has 4 rings (SSSR count). The normalized spacial score (nSPS) is 22.7. The minimum Gasteiger partial charge on any atom is -0.496 e. The molecular weight excluding hydrogens is 583 g/mol. The van der Waals surface area contributed by atoms with E-state index in [4.69, 9.17) is 24.8 Å². The van der Waals surface area contributed by atoms with E-state index in [9.17, 15) is 18.0 Å². The van der Waals surface area contributed by atoms with Gasteiger partial charge in [0.2, 0.25) is 0 Å². The molecule has 2 aromatic rings. The fourth-order valence-corrected chi connectivity index (χ4v) is 6.00. The summed E-state index contributed by atoms with van der Waals surface area (Å²) in [6, 6.07) is 0.823. The highest BCUT2D eigenvalue weighted by Crippen LogP contribution is 2.41. The first kappa shape index (κ1) is 32.8. The highest BCUT2D eigenvalue weighted by atomic mass is 35.5. The fraction of sp³-hybridized carbons (Fsp3) is 0.667. The van der Waals surface area contributed by atoms with Gasteiger partial charge in [0.05, 0.1) is 29.3 Å². The molecule has 1 amide bonds. The fourth-order valence-electron chi connectivity index (χ4n) is 5.67. The van der Waals surface area contributed by atoms with Crippen LogP contribution in [0.5, 0.6) is 5.75 Å². The molecule has 0 spiro atoms. The van der Waals surface area contributed by atoms with Crippen molar-refractivity contribution in [1.29, 1.82) is 0 Å². The van der Waals surface area contributed by atoms with Gasteiger partial charge in [-0.25, -0.2) is 4.98 Å². The number of pyridine rings is 1. The second kappa shape index (κ2) is 15.0. The van der Waals surface area contributed by atoms with E-state index in [2.05, 4.69) is 27.6 Å². The van der Waals surface area contributed by atoms with Crippen molar-refractivity contribution in [3.63, 3.8) is 0 Å². The molecule has 2 fully saturated rings. The summed E-state index contributed by atoms with van der Waals surface area (Å²) in [7, 11) is 1.47. The van der Waals surface area contributed by atoms with Crippen LogP contribution in [0.25, 0.3) is 11.3 Å². The van der Waals surface area contributed by atoms with Gasteiger partial charge in [0.25, 0.3) is 5.91 Å². The summed E-state index contributed by atoms with van der Waals surface area (Å²) >= 11 is 5.95. The second-order valence-electron chi connectivity index (χ2n) is 10.7. The molecule has 228 valence electrons. The third-order valence-corrected chi connectivity index (χ3v) is 8.31. The molecule has 0 bridgehead atoms. The Balaban J connectivity index is 0.00000147. The summed E-state index contributed by atoms with van der Waals surface area (Å²) in [4.78, 5) is 17.4. The topological polar surface area (TPSA) is 115 Å². The van der Waals surface area contributed by atoms with Crippen LogP contribution in [0.2, 0.25) is 5.02 Å². The Kier molecular flexibility index (Phi) is 12.0. The maximum absolute atomic E-state index is 13.6. The molecule has 2 N–H and O–H groups in total. The third-order valence-electron chi connectivity index (χ3n) is 7.96. The number of rotatable bonds is 8. The number of hydrogen-bond acceptors (Lipinski definition) is 7. The van der Waals surface area contributed by atoms with Gasteiger partial charge in [-0.2, -0.15) is 26.7 Å². The van der Waals surface area contributed by atoms with Crippen LogP contribution in [-0.2, 0) is 18.1 Å². The number of anilines is 1. The first-order valence-corrected chi connectivity index (χ1v) is 14.9. The zero-order valence-corrected chi connectivity index (χ0v) is 25.0. The number of nitrogens with one attached hydrogen (secondary N) is 2. The van der Waals surface area contributed by atoms with E-state index in [0.29, 0.717) is 54.7 Å². The Bertz CT molecular complexity index is 1210. The van der Waals surface area contributed by atoms with Crippen LogP contribution in [-0.4, -0.2) is 55.0 Å². The zero-order valence-electron chi connectivity index (χ0n) is 23.4. The maximum Gasteiger partial charge on any atom is 0.393 e. The van der Waals surface area contributed by atoms with Crippen molar-refractivity contribution in [3.05, 3.63) is 23.0 Å². The highest BCUT2D eigenvalue weighted by molar-refractivity contribution is 7.51. The van der Waals surface area contributed by atoms with Gasteiger partial charge in [-0.05, 0) is 44.4 Å². The van der Waals surface area contributed by atoms with Gasteiger partial charge in [-0.15, -0.1) is 0 Å². The predicted molar refractivity (Wildman–Crippen MR) is 150 cm³/mol. The number of carbonyl (C=O) groups is 1. The predicted octanol–water partition coefficient (Wildman–Crippen LogP) is 6.05. The van der Waals surface area contributed by atoms with E-state index in [1.165, 1.54) is 26.1 Å². The molecule has 2 aromatic heterocycles. The number of aryl methyl sites for hydroxylation is 1. The number of ether oxygens (including phenoxy) is 1. The van der Waals surface area contributed by atoms with Crippen molar-refractivity contribution in [2.45, 2.75) is 84.0 Å². The zero-order chi connectivity index (χ0) is 30.2. The second-order valence-corrected chi connectivity index (χ2v) is 11.2. The minimum atomic E-state index is -4.27. The number of aromatic nitrogens is 3. The summed E-state index contributed by atoms with van der Waals surface area (Å²) in [6.07, 6.45) is 3.59. The van der Waals surface area contributed by atoms with Gasteiger partial charge in [0.15, 0.2) is 5.69 Å². The smallest absolute Gasteiger partial charge is 0.393 e. The van der Waals surface area contributed by atoms with Crippen LogP contribution in [0.3, 0.4) is 0 Å². The van der Waals surface area contributed by atoms with Crippen molar-refractivity contribution in [2.24, 2.45) is 17.8 Å². The summed E-state index contributed by atoms with van der Waals surface area (Å²) in [5.41, 5.74) is 1.12. The minimum absolute atomic E-state index is 0.104. The first-order chi connectivity index (χ1) is 19.5. The van der Waals surface area contributed by atoms with Crippen molar-refractivity contribution in [3.8, 4) is 17.0 Å². The number of halogens is 4. The highest BCUT2D eigenvalue weighted by Gasteiger charge is 2.45. The van der Waals surface area contributed by atoms with Crippen LogP contribution in [0, 0.1) is 17.8 Å². The molecule has 2 heterocycles. The SMILES string of the molecule is CCn1nc(C(=O)NCC2CCC(C)CC2)c(Cl)c1-c1cnc(NC2CCCCC2C(F)(F)F)cc1OC.O=S=O. The molecule has 2 aliphatic rings. The quantitative estimate of drug-likeness (QED) is 0.370. The van der Waals surface area contributed by atoms with Crippen molar-refractivity contribution >= 4 is 34.9 Å². The molecule has 14 heteroatoms. The van der Waals surface area contributed by atoms with E-state index in [-0.39, 0.29) is 23.0 Å². The molecule has 9 nitrogen and oxygen atoms in total. The lowest BCUT2D eigenvalue weighted by Gasteiger charge is -2.33. The van der Waals surface area contributed by atoms with Gasteiger partial charge in [0.1, 0.15) is 11.6 Å². The van der Waals surface area contributed by atoms with Crippen LogP contribution in [0.1, 0.15) is 75.7 Å². The lowest BCUT2D eigenvalue weighted by molar-refractivity contribution is -0.184. The molecular formula is C27H37ClF3N5O4S. The third kappa shape index (κ3) is 8.43. The lowest BCUT2D eigenvalue weighted by atomic mass is 9.83. The Morgan fingerprint density at radius 1 is 1.17 bits per heavy atom. The molecule has 2 saturated carbocycles. The number of hydrogen-bond donors (Lipinski definition) is 2. The van der Waals surface area contributed by atoms with Crippen LogP contribution >= 0.6 is 11.6 Å². The average Bonchev–Trinajstić information content (AvgIpc) is 3.28. The Morgan fingerprint density at radius 2 is 1.83 bits per heavy atom. The molecule has 0 aromatic carbocycles. The standard InChI is InChI=1S/C27H37ClF3N5O2.O2S/c1-4-36-25(23(28)24(35-36)26(37)33-14-17-11-9-16(2)10-12-17)18-15-32-22(13-21(18)38-3)34-20-8-6-5-7-19(20)27(29,30)31;1-3-2/h13,15-17,19-20H,4-12,14H2,1-3H3,(H,32,34)(H,33,37);. The molecule has 2 unspecified atom stereocenters. The summed E-state index contributed by atoms with van der Waals surface area (Å²) in [5.74, 6) is 0.109. The number of alkyl halides is 3. The number of methoxy groups -OCH3 is 1. The Morgan fingerprint density at radius 3 is 2.44 bits per heavy atom. The number of amides is 1. The Hall–Kier alpha value is -2.67. The molecule has 2 aliphatic carbocycles.